The number of amides is 1. The first kappa shape index (κ1) is 13.3. The van der Waals surface area contributed by atoms with Crippen LogP contribution in [-0.4, -0.2) is 30.9 Å². The molecule has 4 nitrogen and oxygen atoms in total. The molecule has 1 unspecified atom stereocenters. The lowest BCUT2D eigenvalue weighted by Crippen LogP contribution is -2.37. The van der Waals surface area contributed by atoms with Crippen LogP contribution in [0.4, 0.5) is 5.69 Å². The van der Waals surface area contributed by atoms with Gasteiger partial charge in [-0.05, 0) is 31.4 Å². The molecule has 0 bridgehead atoms. The number of hydrogen-bond acceptors (Lipinski definition) is 3. The molecule has 1 fully saturated rings. The number of hydrogen-bond donors (Lipinski definition) is 0. The molecule has 0 saturated carbocycles. The average Bonchev–Trinajstić information content (AvgIpc) is 2.99. The fourth-order valence-electron chi connectivity index (χ4n) is 2.96. The molecule has 2 heterocycles. The molecule has 4 heteroatoms. The first-order chi connectivity index (χ1) is 9.75. The molecule has 0 radical (unpaired) electrons. The van der Waals surface area contributed by atoms with Crippen LogP contribution in [-0.2, 0) is 9.53 Å². The van der Waals surface area contributed by atoms with Crippen molar-refractivity contribution in [1.82, 2.24) is 0 Å². The SMILES string of the molecule is O=C1CCN(C(=O)CCC2CCCO2)c2ccccc21. The van der Waals surface area contributed by atoms with Crippen molar-refractivity contribution < 1.29 is 14.3 Å². The Morgan fingerprint density at radius 2 is 2.20 bits per heavy atom. The van der Waals surface area contributed by atoms with Crippen molar-refractivity contribution in [3.05, 3.63) is 29.8 Å². The third-order valence-corrected chi connectivity index (χ3v) is 4.06. The average molecular weight is 273 g/mol. The molecule has 0 aromatic heterocycles. The summed E-state index contributed by atoms with van der Waals surface area (Å²) in [6.07, 6.45) is 4.09. The van der Waals surface area contributed by atoms with E-state index in [1.54, 1.807) is 11.0 Å². The van der Waals surface area contributed by atoms with E-state index in [4.69, 9.17) is 4.74 Å². The summed E-state index contributed by atoms with van der Waals surface area (Å²) in [5.74, 6) is 0.226. The van der Waals surface area contributed by atoms with Gasteiger partial charge in [-0.25, -0.2) is 0 Å². The molecular weight excluding hydrogens is 254 g/mol. The van der Waals surface area contributed by atoms with Crippen LogP contribution in [0.2, 0.25) is 0 Å². The fourth-order valence-corrected chi connectivity index (χ4v) is 2.96. The lowest BCUT2D eigenvalue weighted by Gasteiger charge is -2.29. The van der Waals surface area contributed by atoms with Gasteiger partial charge < -0.3 is 9.64 Å². The Kier molecular flexibility index (Phi) is 3.83. The highest BCUT2D eigenvalue weighted by Crippen LogP contribution is 2.28. The predicted octanol–water partition coefficient (Wildman–Crippen LogP) is 2.57. The number of fused-ring (bicyclic) bond motifs is 1. The minimum absolute atomic E-state index is 0.0976. The number of ether oxygens (including phenoxy) is 1. The highest BCUT2D eigenvalue weighted by atomic mass is 16.5. The van der Waals surface area contributed by atoms with E-state index in [0.717, 1.165) is 31.6 Å². The standard InChI is InChI=1S/C16H19NO3/c18-15-9-10-17(14-6-2-1-5-13(14)15)16(19)8-7-12-4-3-11-20-12/h1-2,5-6,12H,3-4,7-11H2. The number of rotatable bonds is 3. The van der Waals surface area contributed by atoms with Crippen molar-refractivity contribution in [3.63, 3.8) is 0 Å². The number of ketones is 1. The number of carbonyl (C=O) groups is 2. The number of para-hydroxylation sites is 1. The van der Waals surface area contributed by atoms with Crippen LogP contribution >= 0.6 is 0 Å². The van der Waals surface area contributed by atoms with Crippen molar-refractivity contribution in [3.8, 4) is 0 Å². The largest absolute Gasteiger partial charge is 0.378 e. The van der Waals surface area contributed by atoms with E-state index in [1.165, 1.54) is 0 Å². The first-order valence-electron chi connectivity index (χ1n) is 7.30. The predicted molar refractivity (Wildman–Crippen MR) is 76.0 cm³/mol. The Bertz CT molecular complexity index is 520. The second-order valence-electron chi connectivity index (χ2n) is 5.41. The van der Waals surface area contributed by atoms with E-state index in [0.29, 0.717) is 24.9 Å². The van der Waals surface area contributed by atoms with Crippen LogP contribution in [0.5, 0.6) is 0 Å². The zero-order chi connectivity index (χ0) is 13.9. The van der Waals surface area contributed by atoms with Crippen molar-refractivity contribution >= 4 is 17.4 Å². The Balaban J connectivity index is 1.69. The van der Waals surface area contributed by atoms with Crippen molar-refractivity contribution in [2.45, 2.75) is 38.2 Å². The molecule has 20 heavy (non-hydrogen) atoms. The fraction of sp³-hybridized carbons (Fsp3) is 0.500. The molecule has 1 aromatic carbocycles. The monoisotopic (exact) mass is 273 g/mol. The van der Waals surface area contributed by atoms with Crippen LogP contribution in [0, 0.1) is 0 Å². The van der Waals surface area contributed by atoms with Crippen LogP contribution < -0.4 is 4.90 Å². The van der Waals surface area contributed by atoms with Gasteiger partial charge in [-0.2, -0.15) is 0 Å². The highest BCUT2D eigenvalue weighted by Gasteiger charge is 2.27. The molecule has 0 spiro atoms. The second kappa shape index (κ2) is 5.75. The van der Waals surface area contributed by atoms with E-state index < -0.39 is 0 Å². The zero-order valence-electron chi connectivity index (χ0n) is 11.5. The second-order valence-corrected chi connectivity index (χ2v) is 5.41. The molecule has 1 aromatic rings. The summed E-state index contributed by atoms with van der Waals surface area (Å²) in [5.41, 5.74) is 1.44. The van der Waals surface area contributed by atoms with Gasteiger partial charge in [0.1, 0.15) is 0 Å². The minimum Gasteiger partial charge on any atom is -0.378 e. The zero-order valence-corrected chi connectivity index (χ0v) is 11.5. The lowest BCUT2D eigenvalue weighted by atomic mass is 9.99. The molecule has 1 atom stereocenters. The van der Waals surface area contributed by atoms with Crippen molar-refractivity contribution in [1.29, 1.82) is 0 Å². The Morgan fingerprint density at radius 1 is 1.35 bits per heavy atom. The van der Waals surface area contributed by atoms with Gasteiger partial charge in [0, 0.05) is 31.6 Å². The number of benzene rings is 1. The quantitative estimate of drug-likeness (QED) is 0.850. The maximum atomic E-state index is 12.4. The molecule has 2 aliphatic rings. The summed E-state index contributed by atoms with van der Waals surface area (Å²) in [6.45, 7) is 1.32. The molecular formula is C16H19NO3. The Hall–Kier alpha value is -1.68. The van der Waals surface area contributed by atoms with Gasteiger partial charge in [0.25, 0.3) is 0 Å². The van der Waals surface area contributed by atoms with Gasteiger partial charge in [0.05, 0.1) is 11.8 Å². The summed E-state index contributed by atoms with van der Waals surface area (Å²) in [7, 11) is 0. The Labute approximate surface area is 118 Å². The molecule has 2 aliphatic heterocycles. The maximum Gasteiger partial charge on any atom is 0.227 e. The number of Topliss-reactive ketones (excluding diaryl/α,β-unsaturated/α-hetero) is 1. The molecule has 1 saturated heterocycles. The van der Waals surface area contributed by atoms with Crippen molar-refractivity contribution in [2.24, 2.45) is 0 Å². The minimum atomic E-state index is 0.0976. The van der Waals surface area contributed by atoms with E-state index >= 15 is 0 Å². The van der Waals surface area contributed by atoms with Crippen LogP contribution in [0.1, 0.15) is 42.5 Å². The van der Waals surface area contributed by atoms with Gasteiger partial charge in [0.15, 0.2) is 5.78 Å². The summed E-state index contributed by atoms with van der Waals surface area (Å²) in [6, 6.07) is 7.38. The molecule has 106 valence electrons. The maximum absolute atomic E-state index is 12.4. The first-order valence-corrected chi connectivity index (χ1v) is 7.30. The molecule has 0 N–H and O–H groups in total. The smallest absolute Gasteiger partial charge is 0.227 e. The van der Waals surface area contributed by atoms with Crippen LogP contribution in [0.25, 0.3) is 0 Å². The summed E-state index contributed by atoms with van der Waals surface area (Å²) in [4.78, 5) is 26.0. The van der Waals surface area contributed by atoms with E-state index in [1.807, 2.05) is 18.2 Å². The van der Waals surface area contributed by atoms with Crippen molar-refractivity contribution in [2.75, 3.05) is 18.1 Å². The number of anilines is 1. The summed E-state index contributed by atoms with van der Waals surface area (Å²) in [5, 5.41) is 0. The van der Waals surface area contributed by atoms with E-state index in [9.17, 15) is 9.59 Å². The number of carbonyl (C=O) groups excluding carboxylic acids is 2. The van der Waals surface area contributed by atoms with E-state index in [2.05, 4.69) is 0 Å². The third kappa shape index (κ3) is 2.61. The van der Waals surface area contributed by atoms with Gasteiger partial charge >= 0.3 is 0 Å². The summed E-state index contributed by atoms with van der Waals surface area (Å²) < 4.78 is 5.55. The topological polar surface area (TPSA) is 46.6 Å². The third-order valence-electron chi connectivity index (χ3n) is 4.06. The van der Waals surface area contributed by atoms with Gasteiger partial charge in [0.2, 0.25) is 5.91 Å². The summed E-state index contributed by atoms with van der Waals surface area (Å²) >= 11 is 0. The number of nitrogens with zero attached hydrogens (tertiary/aromatic N) is 1. The van der Waals surface area contributed by atoms with Gasteiger partial charge in [-0.1, -0.05) is 12.1 Å². The van der Waals surface area contributed by atoms with Gasteiger partial charge in [-0.3, -0.25) is 9.59 Å². The Morgan fingerprint density at radius 3 is 3.00 bits per heavy atom. The molecule has 3 rings (SSSR count). The molecule has 1 amide bonds. The van der Waals surface area contributed by atoms with Crippen LogP contribution in [0.3, 0.4) is 0 Å². The van der Waals surface area contributed by atoms with Gasteiger partial charge in [-0.15, -0.1) is 0 Å². The van der Waals surface area contributed by atoms with Crippen LogP contribution in [0.15, 0.2) is 24.3 Å². The highest BCUT2D eigenvalue weighted by molar-refractivity contribution is 6.08. The molecule has 0 aliphatic carbocycles. The van der Waals surface area contributed by atoms with E-state index in [-0.39, 0.29) is 17.8 Å². The normalized spacial score (nSPS) is 21.9. The lowest BCUT2D eigenvalue weighted by molar-refractivity contribution is -0.119.